The van der Waals surface area contributed by atoms with Crippen LogP contribution in [0.2, 0.25) is 0 Å². The molecule has 0 N–H and O–H groups in total. The van der Waals surface area contributed by atoms with E-state index in [0.717, 1.165) is 44.9 Å². The van der Waals surface area contributed by atoms with E-state index < -0.39 is 0 Å². The lowest BCUT2D eigenvalue weighted by atomic mass is 9.90. The summed E-state index contributed by atoms with van der Waals surface area (Å²) in [5.41, 5.74) is -0.0104. The van der Waals surface area contributed by atoms with E-state index in [1.807, 2.05) is 6.92 Å². The summed E-state index contributed by atoms with van der Waals surface area (Å²) in [4.78, 5) is 23.7. The molecule has 4 nitrogen and oxygen atoms in total. The highest BCUT2D eigenvalue weighted by Gasteiger charge is 2.23. The SMILES string of the molecule is CCCCCCCCCCCCCCOC(=O)CCCCCCCCC(=O)OC(C)C(C)(C)C. The van der Waals surface area contributed by atoms with Crippen LogP contribution in [0.1, 0.15) is 163 Å². The Morgan fingerprint density at radius 2 is 0.971 bits per heavy atom. The van der Waals surface area contributed by atoms with Gasteiger partial charge in [-0.1, -0.05) is 124 Å². The first-order valence-corrected chi connectivity index (χ1v) is 14.6. The van der Waals surface area contributed by atoms with Gasteiger partial charge < -0.3 is 9.47 Å². The molecule has 0 aromatic rings. The first-order valence-electron chi connectivity index (χ1n) is 14.6. The molecule has 34 heavy (non-hydrogen) atoms. The summed E-state index contributed by atoms with van der Waals surface area (Å²) >= 11 is 0. The minimum Gasteiger partial charge on any atom is -0.466 e. The zero-order valence-corrected chi connectivity index (χ0v) is 23.6. The van der Waals surface area contributed by atoms with Crippen molar-refractivity contribution in [2.45, 2.75) is 169 Å². The number of carbonyl (C=O) groups excluding carboxylic acids is 2. The maximum absolute atomic E-state index is 11.9. The summed E-state index contributed by atoms with van der Waals surface area (Å²) in [6, 6.07) is 0. The van der Waals surface area contributed by atoms with Gasteiger partial charge in [0.15, 0.2) is 0 Å². The average Bonchev–Trinajstić information content (AvgIpc) is 2.78. The summed E-state index contributed by atoms with van der Waals surface area (Å²) in [6.07, 6.45) is 22.9. The number of ether oxygens (including phenoxy) is 2. The molecule has 0 aromatic carbocycles. The summed E-state index contributed by atoms with van der Waals surface area (Å²) in [5, 5.41) is 0. The molecule has 4 heteroatoms. The number of hydrogen-bond donors (Lipinski definition) is 0. The molecule has 1 atom stereocenters. The van der Waals surface area contributed by atoms with Crippen LogP contribution in [0, 0.1) is 5.41 Å². The van der Waals surface area contributed by atoms with Crippen LogP contribution in [0.25, 0.3) is 0 Å². The van der Waals surface area contributed by atoms with Gasteiger partial charge in [0.25, 0.3) is 0 Å². The molecule has 0 amide bonds. The molecule has 0 radical (unpaired) electrons. The smallest absolute Gasteiger partial charge is 0.306 e. The van der Waals surface area contributed by atoms with Crippen LogP contribution >= 0.6 is 0 Å². The lowest BCUT2D eigenvalue weighted by Gasteiger charge is -2.26. The van der Waals surface area contributed by atoms with Crippen LogP contribution in [-0.4, -0.2) is 24.6 Å². The van der Waals surface area contributed by atoms with Gasteiger partial charge in [-0.15, -0.1) is 0 Å². The van der Waals surface area contributed by atoms with Crippen molar-refractivity contribution in [3.8, 4) is 0 Å². The van der Waals surface area contributed by atoms with Crippen molar-refractivity contribution in [3.05, 3.63) is 0 Å². The van der Waals surface area contributed by atoms with Gasteiger partial charge in [0.05, 0.1) is 6.61 Å². The van der Waals surface area contributed by atoms with E-state index in [0.29, 0.717) is 19.4 Å². The van der Waals surface area contributed by atoms with Crippen molar-refractivity contribution >= 4 is 11.9 Å². The molecule has 0 fully saturated rings. The quantitative estimate of drug-likeness (QED) is 0.107. The fourth-order valence-electron chi connectivity index (χ4n) is 3.88. The van der Waals surface area contributed by atoms with E-state index in [-0.39, 0.29) is 23.5 Å². The Morgan fingerprint density at radius 3 is 1.41 bits per heavy atom. The molecule has 0 spiro atoms. The largest absolute Gasteiger partial charge is 0.466 e. The first-order chi connectivity index (χ1) is 16.3. The zero-order chi connectivity index (χ0) is 25.5. The van der Waals surface area contributed by atoms with Gasteiger partial charge in [0.1, 0.15) is 6.10 Å². The summed E-state index contributed by atoms with van der Waals surface area (Å²) in [5.74, 6) is -0.128. The third-order valence-corrected chi connectivity index (χ3v) is 6.80. The molecule has 0 saturated carbocycles. The molecule has 0 bridgehead atoms. The molecule has 0 aliphatic carbocycles. The molecule has 202 valence electrons. The lowest BCUT2D eigenvalue weighted by molar-refractivity contribution is -0.153. The van der Waals surface area contributed by atoms with Gasteiger partial charge in [0.2, 0.25) is 0 Å². The fourth-order valence-corrected chi connectivity index (χ4v) is 3.88. The Hall–Kier alpha value is -1.06. The monoisotopic (exact) mass is 482 g/mol. The predicted molar refractivity (Wildman–Crippen MR) is 144 cm³/mol. The summed E-state index contributed by atoms with van der Waals surface area (Å²) in [6.45, 7) is 11.1. The van der Waals surface area contributed by atoms with E-state index in [1.54, 1.807) is 0 Å². The van der Waals surface area contributed by atoms with Crippen LogP contribution in [0.15, 0.2) is 0 Å². The Bertz CT molecular complexity index is 481. The van der Waals surface area contributed by atoms with Crippen LogP contribution in [0.5, 0.6) is 0 Å². The molecule has 0 aliphatic rings. The average molecular weight is 483 g/mol. The molecule has 0 aromatic heterocycles. The van der Waals surface area contributed by atoms with E-state index in [1.165, 1.54) is 70.6 Å². The van der Waals surface area contributed by atoms with Crippen molar-refractivity contribution in [1.82, 2.24) is 0 Å². The Morgan fingerprint density at radius 1 is 0.588 bits per heavy atom. The molecule has 0 rings (SSSR count). The highest BCUT2D eigenvalue weighted by molar-refractivity contribution is 5.69. The zero-order valence-electron chi connectivity index (χ0n) is 23.6. The Kier molecular flexibility index (Phi) is 21.7. The number of rotatable bonds is 23. The van der Waals surface area contributed by atoms with Gasteiger partial charge in [-0.05, 0) is 31.6 Å². The van der Waals surface area contributed by atoms with E-state index in [4.69, 9.17) is 9.47 Å². The minimum absolute atomic E-state index is 0.0104. The Labute approximate surface area is 212 Å². The topological polar surface area (TPSA) is 52.6 Å². The van der Waals surface area contributed by atoms with Gasteiger partial charge in [-0.3, -0.25) is 9.59 Å². The summed E-state index contributed by atoms with van der Waals surface area (Å²) < 4.78 is 10.9. The second-order valence-corrected chi connectivity index (χ2v) is 11.2. The highest BCUT2D eigenvalue weighted by Crippen LogP contribution is 2.22. The second-order valence-electron chi connectivity index (χ2n) is 11.2. The van der Waals surface area contributed by atoms with Gasteiger partial charge in [0, 0.05) is 12.8 Å². The molecule has 0 aliphatic heterocycles. The van der Waals surface area contributed by atoms with Crippen molar-refractivity contribution < 1.29 is 19.1 Å². The standard InChI is InChI=1S/C30H58O4/c1-6-7-8-9-10-11-12-13-14-17-20-23-26-33-28(31)24-21-18-15-16-19-22-25-29(32)34-27(2)30(3,4)5/h27H,6-26H2,1-5H3. The van der Waals surface area contributed by atoms with Crippen molar-refractivity contribution in [1.29, 1.82) is 0 Å². The number of unbranched alkanes of at least 4 members (excludes halogenated alkanes) is 16. The van der Waals surface area contributed by atoms with Crippen molar-refractivity contribution in [3.63, 3.8) is 0 Å². The van der Waals surface area contributed by atoms with Gasteiger partial charge >= 0.3 is 11.9 Å². The number of hydrogen-bond acceptors (Lipinski definition) is 4. The van der Waals surface area contributed by atoms with Gasteiger partial charge in [-0.25, -0.2) is 0 Å². The maximum Gasteiger partial charge on any atom is 0.306 e. The summed E-state index contributed by atoms with van der Waals surface area (Å²) in [7, 11) is 0. The number of esters is 2. The van der Waals surface area contributed by atoms with E-state index in [2.05, 4.69) is 27.7 Å². The van der Waals surface area contributed by atoms with E-state index in [9.17, 15) is 9.59 Å². The minimum atomic E-state index is -0.0849. The van der Waals surface area contributed by atoms with Crippen LogP contribution < -0.4 is 0 Å². The first kappa shape index (κ1) is 32.9. The molecule has 0 heterocycles. The molecule has 1 unspecified atom stereocenters. The van der Waals surface area contributed by atoms with Crippen molar-refractivity contribution in [2.75, 3.05) is 6.61 Å². The lowest BCUT2D eigenvalue weighted by Crippen LogP contribution is -2.28. The predicted octanol–water partition coefficient (Wildman–Crippen LogP) is 9.33. The fraction of sp³-hybridized carbons (Fsp3) is 0.933. The van der Waals surface area contributed by atoms with Crippen LogP contribution in [0.3, 0.4) is 0 Å². The highest BCUT2D eigenvalue weighted by atomic mass is 16.5. The molecular formula is C30H58O4. The van der Waals surface area contributed by atoms with Crippen LogP contribution in [-0.2, 0) is 19.1 Å². The normalized spacial score (nSPS) is 12.5. The molecule has 0 saturated heterocycles. The van der Waals surface area contributed by atoms with E-state index >= 15 is 0 Å². The van der Waals surface area contributed by atoms with Gasteiger partial charge in [-0.2, -0.15) is 0 Å². The molecular weight excluding hydrogens is 424 g/mol. The maximum atomic E-state index is 11.9. The van der Waals surface area contributed by atoms with Crippen LogP contribution in [0.4, 0.5) is 0 Å². The third kappa shape index (κ3) is 22.7. The second kappa shape index (κ2) is 22.4. The number of carbonyl (C=O) groups is 2. The van der Waals surface area contributed by atoms with Crippen molar-refractivity contribution in [2.24, 2.45) is 5.41 Å². The third-order valence-electron chi connectivity index (χ3n) is 6.80. The Balaban J connectivity index is 3.33.